The Bertz CT molecular complexity index is 957. The number of anilines is 1. The molecule has 7 nitrogen and oxygen atoms in total. The molecule has 0 unspecified atom stereocenters. The number of imide groups is 1. The summed E-state index contributed by atoms with van der Waals surface area (Å²) in [5, 5.41) is 12.4. The SMILES string of the molecule is CCOC(=O)c1ccccc1NCN1C(=O)S/C(=C\c2ccccc2O)C1=O. The maximum atomic E-state index is 12.6. The number of amides is 2. The molecule has 1 aliphatic rings. The molecule has 2 aromatic rings. The average Bonchev–Trinajstić information content (AvgIpc) is 2.95. The third-order valence-electron chi connectivity index (χ3n) is 3.95. The number of aromatic hydroxyl groups is 1. The summed E-state index contributed by atoms with van der Waals surface area (Å²) < 4.78 is 5.01. The van der Waals surface area contributed by atoms with Crippen molar-refractivity contribution in [2.75, 3.05) is 18.6 Å². The van der Waals surface area contributed by atoms with Gasteiger partial charge in [0.25, 0.3) is 11.1 Å². The van der Waals surface area contributed by atoms with Gasteiger partial charge in [-0.05, 0) is 43.0 Å². The zero-order valence-corrected chi connectivity index (χ0v) is 15.9. The molecule has 3 rings (SSSR count). The Morgan fingerprint density at radius 3 is 2.64 bits per heavy atom. The minimum atomic E-state index is -0.487. The summed E-state index contributed by atoms with van der Waals surface area (Å²) in [6.45, 7) is 1.86. The largest absolute Gasteiger partial charge is 0.507 e. The van der Waals surface area contributed by atoms with E-state index in [0.29, 0.717) is 16.8 Å². The topological polar surface area (TPSA) is 95.9 Å². The number of ether oxygens (including phenoxy) is 1. The minimum Gasteiger partial charge on any atom is -0.507 e. The van der Waals surface area contributed by atoms with Crippen LogP contribution in [-0.2, 0) is 9.53 Å². The molecule has 0 spiro atoms. The van der Waals surface area contributed by atoms with E-state index < -0.39 is 17.1 Å². The van der Waals surface area contributed by atoms with Gasteiger partial charge in [-0.2, -0.15) is 0 Å². The third-order valence-corrected chi connectivity index (χ3v) is 4.85. The zero-order chi connectivity index (χ0) is 20.1. The molecule has 1 fully saturated rings. The first-order valence-corrected chi connectivity index (χ1v) is 9.36. The van der Waals surface area contributed by atoms with Crippen LogP contribution in [0, 0.1) is 0 Å². The fourth-order valence-electron chi connectivity index (χ4n) is 2.58. The van der Waals surface area contributed by atoms with Crippen molar-refractivity contribution in [3.8, 4) is 5.75 Å². The van der Waals surface area contributed by atoms with Crippen LogP contribution >= 0.6 is 11.8 Å². The average molecular weight is 398 g/mol. The van der Waals surface area contributed by atoms with E-state index in [1.165, 1.54) is 12.1 Å². The van der Waals surface area contributed by atoms with Crippen molar-refractivity contribution in [1.82, 2.24) is 4.90 Å². The second-order valence-electron chi connectivity index (χ2n) is 5.77. The summed E-state index contributed by atoms with van der Waals surface area (Å²) in [6.07, 6.45) is 1.48. The van der Waals surface area contributed by atoms with E-state index in [9.17, 15) is 19.5 Å². The van der Waals surface area contributed by atoms with Crippen molar-refractivity contribution in [3.05, 3.63) is 64.6 Å². The first kappa shape index (κ1) is 19.5. The molecule has 2 amide bonds. The van der Waals surface area contributed by atoms with E-state index in [1.807, 2.05) is 0 Å². The monoisotopic (exact) mass is 398 g/mol. The predicted octanol–water partition coefficient (Wildman–Crippen LogP) is 3.67. The molecule has 0 atom stereocenters. The van der Waals surface area contributed by atoms with Crippen molar-refractivity contribution in [1.29, 1.82) is 0 Å². The first-order valence-electron chi connectivity index (χ1n) is 8.54. The van der Waals surface area contributed by atoms with Gasteiger partial charge in [0.05, 0.1) is 29.4 Å². The van der Waals surface area contributed by atoms with Gasteiger partial charge in [-0.15, -0.1) is 0 Å². The molecule has 1 aliphatic heterocycles. The molecular formula is C20H18N2O5S. The fourth-order valence-corrected chi connectivity index (χ4v) is 3.40. The number of esters is 1. The Balaban J connectivity index is 1.74. The lowest BCUT2D eigenvalue weighted by molar-refractivity contribution is -0.122. The molecule has 0 bridgehead atoms. The van der Waals surface area contributed by atoms with Crippen LogP contribution in [0.4, 0.5) is 10.5 Å². The van der Waals surface area contributed by atoms with Gasteiger partial charge < -0.3 is 15.2 Å². The van der Waals surface area contributed by atoms with Crippen molar-refractivity contribution in [2.45, 2.75) is 6.92 Å². The molecule has 0 aromatic heterocycles. The van der Waals surface area contributed by atoms with Crippen LogP contribution in [0.3, 0.4) is 0 Å². The Morgan fingerprint density at radius 1 is 1.18 bits per heavy atom. The second-order valence-corrected chi connectivity index (χ2v) is 6.76. The molecule has 1 heterocycles. The number of phenols is 1. The highest BCUT2D eigenvalue weighted by Crippen LogP contribution is 2.33. The van der Waals surface area contributed by atoms with Crippen molar-refractivity contribution in [2.24, 2.45) is 0 Å². The van der Waals surface area contributed by atoms with Gasteiger partial charge in [-0.25, -0.2) is 4.79 Å². The summed E-state index contributed by atoms with van der Waals surface area (Å²) in [5.74, 6) is -0.936. The first-order chi connectivity index (χ1) is 13.5. The number of benzene rings is 2. The van der Waals surface area contributed by atoms with Crippen LogP contribution in [0.5, 0.6) is 5.75 Å². The quantitative estimate of drug-likeness (QED) is 0.566. The molecule has 8 heteroatoms. The predicted molar refractivity (Wildman–Crippen MR) is 107 cm³/mol. The summed E-state index contributed by atoms with van der Waals surface area (Å²) in [5.41, 5.74) is 1.24. The Kier molecular flexibility index (Phi) is 6.00. The van der Waals surface area contributed by atoms with E-state index in [-0.39, 0.29) is 23.9 Å². The number of nitrogens with zero attached hydrogens (tertiary/aromatic N) is 1. The van der Waals surface area contributed by atoms with Crippen LogP contribution in [0.15, 0.2) is 53.4 Å². The van der Waals surface area contributed by atoms with E-state index in [1.54, 1.807) is 49.4 Å². The number of rotatable bonds is 6. The molecular weight excluding hydrogens is 380 g/mol. The fraction of sp³-hybridized carbons (Fsp3) is 0.150. The summed E-state index contributed by atoms with van der Waals surface area (Å²) in [4.78, 5) is 38.1. The number of para-hydroxylation sites is 2. The van der Waals surface area contributed by atoms with Gasteiger partial charge in [0.2, 0.25) is 0 Å². The van der Waals surface area contributed by atoms with Gasteiger partial charge >= 0.3 is 5.97 Å². The van der Waals surface area contributed by atoms with E-state index >= 15 is 0 Å². The minimum absolute atomic E-state index is 0.0239. The zero-order valence-electron chi connectivity index (χ0n) is 15.0. The second kappa shape index (κ2) is 8.62. The van der Waals surface area contributed by atoms with E-state index in [4.69, 9.17) is 4.74 Å². The number of hydrogen-bond acceptors (Lipinski definition) is 7. The lowest BCUT2D eigenvalue weighted by Crippen LogP contribution is -2.33. The number of phenolic OH excluding ortho intramolecular Hbond substituents is 1. The van der Waals surface area contributed by atoms with Crippen LogP contribution in [0.2, 0.25) is 0 Å². The maximum Gasteiger partial charge on any atom is 0.340 e. The van der Waals surface area contributed by atoms with Gasteiger partial charge in [0.15, 0.2) is 0 Å². The lowest BCUT2D eigenvalue weighted by Gasteiger charge is -2.16. The van der Waals surface area contributed by atoms with E-state index in [0.717, 1.165) is 16.7 Å². The molecule has 2 aromatic carbocycles. The normalized spacial score (nSPS) is 15.2. The molecule has 28 heavy (non-hydrogen) atoms. The summed E-state index contributed by atoms with van der Waals surface area (Å²) in [7, 11) is 0. The van der Waals surface area contributed by atoms with Gasteiger partial charge in [-0.1, -0.05) is 30.3 Å². The third kappa shape index (κ3) is 4.17. The van der Waals surface area contributed by atoms with Gasteiger partial charge in [0, 0.05) is 5.56 Å². The standard InChI is InChI=1S/C20H18N2O5S/c1-2-27-19(25)14-8-4-5-9-15(14)21-12-22-18(24)17(28-20(22)26)11-13-7-3-6-10-16(13)23/h3-11,21,23H,2,12H2,1H3/b17-11-. The summed E-state index contributed by atoms with van der Waals surface area (Å²) >= 11 is 0.795. The van der Waals surface area contributed by atoms with Gasteiger partial charge in [-0.3, -0.25) is 14.5 Å². The maximum absolute atomic E-state index is 12.6. The Labute approximate surface area is 166 Å². The van der Waals surface area contributed by atoms with Crippen LogP contribution in [-0.4, -0.2) is 40.4 Å². The highest BCUT2D eigenvalue weighted by atomic mass is 32.2. The molecule has 0 saturated carbocycles. The highest BCUT2D eigenvalue weighted by molar-refractivity contribution is 8.18. The van der Waals surface area contributed by atoms with Crippen molar-refractivity contribution >= 4 is 40.6 Å². The van der Waals surface area contributed by atoms with Crippen molar-refractivity contribution < 1.29 is 24.2 Å². The van der Waals surface area contributed by atoms with Crippen LogP contribution < -0.4 is 5.32 Å². The van der Waals surface area contributed by atoms with Crippen molar-refractivity contribution in [3.63, 3.8) is 0 Å². The molecule has 1 saturated heterocycles. The summed E-state index contributed by atoms with van der Waals surface area (Å²) in [6, 6.07) is 13.3. The van der Waals surface area contributed by atoms with E-state index in [2.05, 4.69) is 5.32 Å². The highest BCUT2D eigenvalue weighted by Gasteiger charge is 2.35. The Morgan fingerprint density at radius 2 is 1.89 bits per heavy atom. The number of nitrogens with one attached hydrogen (secondary N) is 1. The molecule has 0 radical (unpaired) electrons. The van der Waals surface area contributed by atoms with Crippen LogP contribution in [0.1, 0.15) is 22.8 Å². The lowest BCUT2D eigenvalue weighted by atomic mass is 10.2. The number of carbonyl (C=O) groups is 3. The smallest absolute Gasteiger partial charge is 0.340 e. The molecule has 144 valence electrons. The number of thioether (sulfide) groups is 1. The number of hydrogen-bond donors (Lipinski definition) is 2. The Hall–Kier alpha value is -3.26. The molecule has 2 N–H and O–H groups in total. The number of carbonyl (C=O) groups excluding carboxylic acids is 3. The van der Waals surface area contributed by atoms with Crippen LogP contribution in [0.25, 0.3) is 6.08 Å². The van der Waals surface area contributed by atoms with Gasteiger partial charge in [0.1, 0.15) is 5.75 Å². The molecule has 0 aliphatic carbocycles.